The van der Waals surface area contributed by atoms with Crippen LogP contribution in [0, 0.1) is 0 Å². The van der Waals surface area contributed by atoms with Crippen LogP contribution >= 0.6 is 7.60 Å². The third-order valence-electron chi connectivity index (χ3n) is 1.85. The maximum atomic E-state index is 10.8. The van der Waals surface area contributed by atoms with Gasteiger partial charge in [-0.15, -0.1) is 0 Å². The summed E-state index contributed by atoms with van der Waals surface area (Å²) in [6.07, 6.45) is 0. The van der Waals surface area contributed by atoms with Gasteiger partial charge in [0.05, 0.1) is 0 Å². The van der Waals surface area contributed by atoms with Crippen LogP contribution in [0.4, 0.5) is 0 Å². The van der Waals surface area contributed by atoms with Gasteiger partial charge in [0.15, 0.2) is 0 Å². The van der Waals surface area contributed by atoms with Crippen molar-refractivity contribution in [3.8, 4) is 0 Å². The van der Waals surface area contributed by atoms with E-state index in [0.29, 0.717) is 5.56 Å². The van der Waals surface area contributed by atoms with E-state index in [1.54, 1.807) is 18.2 Å². The third-order valence-corrected chi connectivity index (χ3v) is 2.85. The van der Waals surface area contributed by atoms with Crippen LogP contribution in [0.2, 0.25) is 0 Å². The molecule has 14 heavy (non-hydrogen) atoms. The molecule has 0 aliphatic heterocycles. The number of hydrogen-bond acceptors (Lipinski definition) is 3. The Labute approximate surface area is 94.2 Å². The van der Waals surface area contributed by atoms with E-state index in [-0.39, 0.29) is 28.3 Å². The molecule has 81 valence electrons. The van der Waals surface area contributed by atoms with E-state index < -0.39 is 7.60 Å². The summed E-state index contributed by atoms with van der Waals surface area (Å²) in [5.74, 6) is 0.0485. The summed E-state index contributed by atoms with van der Waals surface area (Å²) >= 11 is 0. The molecule has 3 nitrogen and oxygen atoms in total. The molecule has 0 saturated heterocycles. The fraction of sp³-hybridized carbons (Fsp3) is 0.333. The van der Waals surface area contributed by atoms with Gasteiger partial charge < -0.3 is 14.4 Å². The Kier molecular flexibility index (Phi) is 5.07. The van der Waals surface area contributed by atoms with E-state index in [1.165, 1.54) is 6.07 Å². The van der Waals surface area contributed by atoms with E-state index in [2.05, 4.69) is 0 Å². The average molecular weight is 262 g/mol. The predicted octanol–water partition coefficient (Wildman–Crippen LogP) is 0.346. The summed E-state index contributed by atoms with van der Waals surface area (Å²) in [6, 6.07) is 6.32. The summed E-state index contributed by atoms with van der Waals surface area (Å²) < 4.78 is 10.8. The van der Waals surface area contributed by atoms with Gasteiger partial charge in [-0.25, -0.2) is 0 Å². The first-order valence-corrected chi connectivity index (χ1v) is 5.58. The molecule has 0 aliphatic carbocycles. The SMILES string of the molecule is CC(C)c1ccccc1P(=O)([O-])[O-].[Cu+2]. The molecule has 0 unspecified atom stereocenters. The molecule has 0 aliphatic rings. The molecule has 0 aromatic heterocycles. The van der Waals surface area contributed by atoms with Crippen LogP contribution in [0.3, 0.4) is 0 Å². The van der Waals surface area contributed by atoms with Gasteiger partial charge >= 0.3 is 17.1 Å². The third kappa shape index (κ3) is 3.23. The number of benzene rings is 1. The molecule has 0 heterocycles. The van der Waals surface area contributed by atoms with Crippen LogP contribution in [0.1, 0.15) is 25.3 Å². The molecule has 0 saturated carbocycles. The maximum absolute atomic E-state index is 10.8. The van der Waals surface area contributed by atoms with Gasteiger partial charge in [-0.1, -0.05) is 38.1 Å². The van der Waals surface area contributed by atoms with Crippen LogP contribution in [0.15, 0.2) is 24.3 Å². The Hall–Kier alpha value is -0.111. The molecule has 1 aromatic rings. The largest absolute Gasteiger partial charge is 2.00 e. The molecule has 0 amide bonds. The smallest absolute Gasteiger partial charge is 0.807 e. The fourth-order valence-electron chi connectivity index (χ4n) is 1.23. The molecule has 0 spiro atoms. The van der Waals surface area contributed by atoms with Crippen molar-refractivity contribution >= 4 is 12.9 Å². The second-order valence-corrected chi connectivity index (χ2v) is 4.69. The molecule has 0 fully saturated rings. The fourth-order valence-corrected chi connectivity index (χ4v) is 2.14. The zero-order chi connectivity index (χ0) is 10.1. The van der Waals surface area contributed by atoms with Crippen LogP contribution < -0.4 is 15.1 Å². The normalized spacial score (nSPS) is 11.2. The Bertz CT molecular complexity index is 346. The van der Waals surface area contributed by atoms with Gasteiger partial charge in [-0.05, 0) is 24.4 Å². The van der Waals surface area contributed by atoms with Crippen LogP contribution in [0.5, 0.6) is 0 Å². The van der Waals surface area contributed by atoms with Crippen LogP contribution in [-0.2, 0) is 21.6 Å². The Morgan fingerprint density at radius 2 is 1.71 bits per heavy atom. The average Bonchev–Trinajstić information content (AvgIpc) is 2.03. The zero-order valence-electron chi connectivity index (χ0n) is 7.86. The second kappa shape index (κ2) is 5.11. The van der Waals surface area contributed by atoms with Gasteiger partial charge in [-0.2, -0.15) is 0 Å². The van der Waals surface area contributed by atoms with Crippen LogP contribution in [0.25, 0.3) is 0 Å². The summed E-state index contributed by atoms with van der Waals surface area (Å²) in [5.41, 5.74) is 0.593. The maximum Gasteiger partial charge on any atom is 2.00 e. The first kappa shape index (κ1) is 13.9. The molecule has 1 aromatic carbocycles. The van der Waals surface area contributed by atoms with Crippen molar-refractivity contribution < 1.29 is 31.4 Å². The monoisotopic (exact) mass is 261 g/mol. The van der Waals surface area contributed by atoms with Gasteiger partial charge in [0.1, 0.15) is 0 Å². The van der Waals surface area contributed by atoms with E-state index >= 15 is 0 Å². The molecule has 5 heteroatoms. The summed E-state index contributed by atoms with van der Waals surface area (Å²) in [7, 11) is -4.61. The second-order valence-electron chi connectivity index (χ2n) is 3.21. The van der Waals surface area contributed by atoms with E-state index in [0.717, 1.165) is 0 Å². The Morgan fingerprint density at radius 3 is 2.07 bits per heavy atom. The summed E-state index contributed by atoms with van der Waals surface area (Å²) in [6.45, 7) is 3.71. The van der Waals surface area contributed by atoms with Crippen molar-refractivity contribution in [2.45, 2.75) is 19.8 Å². The summed E-state index contributed by atoms with van der Waals surface area (Å²) in [4.78, 5) is 21.7. The van der Waals surface area contributed by atoms with Gasteiger partial charge in [0.25, 0.3) is 0 Å². The molecular weight excluding hydrogens is 251 g/mol. The standard InChI is InChI=1S/C9H13O3P.Cu/c1-7(2)8-5-3-4-6-9(8)13(10,11)12;/h3-7H,1-2H3,(H2,10,11,12);/q;+2/p-2. The van der Waals surface area contributed by atoms with Gasteiger partial charge in [0, 0.05) is 0 Å². The van der Waals surface area contributed by atoms with E-state index in [1.807, 2.05) is 13.8 Å². The Morgan fingerprint density at radius 1 is 1.21 bits per heavy atom. The summed E-state index contributed by atoms with van der Waals surface area (Å²) in [5, 5.41) is -0.0787. The van der Waals surface area contributed by atoms with Crippen LogP contribution in [-0.4, -0.2) is 0 Å². The molecular formula is C9H11CuO3P. The topological polar surface area (TPSA) is 63.2 Å². The molecule has 1 radical (unpaired) electrons. The number of hydrogen-bond donors (Lipinski definition) is 0. The first-order chi connectivity index (χ1) is 5.93. The van der Waals surface area contributed by atoms with Crippen molar-refractivity contribution in [2.75, 3.05) is 0 Å². The minimum atomic E-state index is -4.61. The Balaban J connectivity index is 0.00000169. The molecule has 0 N–H and O–H groups in total. The first-order valence-electron chi connectivity index (χ1n) is 4.04. The minimum Gasteiger partial charge on any atom is -0.807 e. The van der Waals surface area contributed by atoms with Crippen molar-refractivity contribution in [3.05, 3.63) is 29.8 Å². The molecule has 0 atom stereocenters. The van der Waals surface area contributed by atoms with Crippen molar-refractivity contribution in [1.29, 1.82) is 0 Å². The van der Waals surface area contributed by atoms with Gasteiger partial charge in [-0.3, -0.25) is 0 Å². The molecule has 0 bridgehead atoms. The predicted molar refractivity (Wildman–Crippen MR) is 47.8 cm³/mol. The van der Waals surface area contributed by atoms with Gasteiger partial charge in [0.2, 0.25) is 0 Å². The minimum absolute atomic E-state index is 0. The number of rotatable bonds is 2. The molecule has 1 rings (SSSR count). The van der Waals surface area contributed by atoms with Crippen molar-refractivity contribution in [3.63, 3.8) is 0 Å². The van der Waals surface area contributed by atoms with Crippen molar-refractivity contribution in [1.82, 2.24) is 0 Å². The van der Waals surface area contributed by atoms with E-state index in [4.69, 9.17) is 0 Å². The quantitative estimate of drug-likeness (QED) is 0.570. The van der Waals surface area contributed by atoms with Crippen molar-refractivity contribution in [2.24, 2.45) is 0 Å². The van der Waals surface area contributed by atoms with E-state index in [9.17, 15) is 14.4 Å². The zero-order valence-corrected chi connectivity index (χ0v) is 9.70.